The van der Waals surface area contributed by atoms with Gasteiger partial charge in [0.2, 0.25) is 5.91 Å². The zero-order valence-corrected chi connectivity index (χ0v) is 14.1. The number of β-amino-alcohol motifs (C(OH)–C–C–N with tert-alkyl or cyclic N) is 1. The van der Waals surface area contributed by atoms with E-state index in [1.165, 1.54) is 18.9 Å². The molecule has 1 aliphatic heterocycles. The van der Waals surface area contributed by atoms with Gasteiger partial charge in [0.05, 0.1) is 17.7 Å². The van der Waals surface area contributed by atoms with Crippen LogP contribution in [0.15, 0.2) is 30.3 Å². The third-order valence-corrected chi connectivity index (χ3v) is 4.30. The summed E-state index contributed by atoms with van der Waals surface area (Å²) in [5.41, 5.74) is 1.36. The largest absolute Gasteiger partial charge is 0.390 e. The summed E-state index contributed by atoms with van der Waals surface area (Å²) in [7, 11) is 0. The van der Waals surface area contributed by atoms with E-state index in [-0.39, 0.29) is 12.5 Å². The minimum Gasteiger partial charge on any atom is -0.390 e. The van der Waals surface area contributed by atoms with Crippen molar-refractivity contribution in [2.45, 2.75) is 25.9 Å². The summed E-state index contributed by atoms with van der Waals surface area (Å²) in [4.78, 5) is 14.1. The lowest BCUT2D eigenvalue weighted by atomic mass is 9.99. The van der Waals surface area contributed by atoms with Gasteiger partial charge in [-0.25, -0.2) is 0 Å². The van der Waals surface area contributed by atoms with Gasteiger partial charge < -0.3 is 15.3 Å². The minimum atomic E-state index is -0.558. The molecule has 128 valence electrons. The first-order valence-corrected chi connectivity index (χ1v) is 8.43. The molecule has 0 aliphatic carbocycles. The normalized spacial score (nSPS) is 17.5. The Kier molecular flexibility index (Phi) is 6.98. The van der Waals surface area contributed by atoms with Crippen LogP contribution in [0.4, 0.5) is 0 Å². The molecule has 1 atom stereocenters. The van der Waals surface area contributed by atoms with Gasteiger partial charge in [-0.2, -0.15) is 5.26 Å². The summed E-state index contributed by atoms with van der Waals surface area (Å²) < 4.78 is 0. The summed E-state index contributed by atoms with van der Waals surface area (Å²) in [6.07, 6.45) is 4.87. The predicted octanol–water partition coefficient (Wildman–Crippen LogP) is 1.78. The molecule has 24 heavy (non-hydrogen) atoms. The first kappa shape index (κ1) is 18.2. The fraction of sp³-hybridized carbons (Fsp3) is 0.474. The number of rotatable bonds is 6. The highest BCUT2D eigenvalue weighted by Gasteiger charge is 2.18. The molecule has 1 aliphatic rings. The highest BCUT2D eigenvalue weighted by molar-refractivity contribution is 5.91. The average Bonchev–Trinajstić information content (AvgIpc) is 2.60. The summed E-state index contributed by atoms with van der Waals surface area (Å²) in [5.74, 6) is 0.520. The molecule has 0 radical (unpaired) electrons. The Labute approximate surface area is 143 Å². The number of benzene rings is 1. The van der Waals surface area contributed by atoms with E-state index in [0.29, 0.717) is 12.1 Å². The zero-order valence-electron chi connectivity index (χ0n) is 14.1. The van der Waals surface area contributed by atoms with Crippen molar-refractivity contribution in [1.29, 1.82) is 5.26 Å². The second-order valence-electron chi connectivity index (χ2n) is 6.45. The summed E-state index contributed by atoms with van der Waals surface area (Å²) in [6, 6.07) is 9.11. The van der Waals surface area contributed by atoms with Crippen molar-refractivity contribution in [3.63, 3.8) is 0 Å². The van der Waals surface area contributed by atoms with Crippen molar-refractivity contribution in [3.05, 3.63) is 41.5 Å². The molecule has 0 bridgehead atoms. The quantitative estimate of drug-likeness (QED) is 0.781. The molecule has 2 rings (SSSR count). The maximum absolute atomic E-state index is 11.8. The van der Waals surface area contributed by atoms with Crippen molar-refractivity contribution in [1.82, 2.24) is 10.2 Å². The maximum atomic E-state index is 11.8. The van der Waals surface area contributed by atoms with Crippen molar-refractivity contribution >= 4 is 12.0 Å². The number of hydrogen-bond donors (Lipinski definition) is 2. The second kappa shape index (κ2) is 9.21. The van der Waals surface area contributed by atoms with Gasteiger partial charge in [0, 0.05) is 19.2 Å². The Morgan fingerprint density at radius 2 is 2.25 bits per heavy atom. The van der Waals surface area contributed by atoms with Gasteiger partial charge in [0.15, 0.2) is 0 Å². The van der Waals surface area contributed by atoms with E-state index in [4.69, 9.17) is 5.26 Å². The van der Waals surface area contributed by atoms with Crippen molar-refractivity contribution in [3.8, 4) is 6.07 Å². The number of carbonyl (C=O) groups excluding carboxylic acids is 1. The number of carbonyl (C=O) groups is 1. The third kappa shape index (κ3) is 6.15. The van der Waals surface area contributed by atoms with Gasteiger partial charge in [-0.1, -0.05) is 19.1 Å². The Morgan fingerprint density at radius 3 is 2.96 bits per heavy atom. The van der Waals surface area contributed by atoms with Crippen LogP contribution in [0.25, 0.3) is 6.08 Å². The van der Waals surface area contributed by atoms with E-state index in [1.54, 1.807) is 24.3 Å². The Bertz CT molecular complexity index is 613. The van der Waals surface area contributed by atoms with Crippen molar-refractivity contribution < 1.29 is 9.90 Å². The molecule has 1 amide bonds. The first-order chi connectivity index (χ1) is 11.6. The molecular formula is C19H25N3O2. The molecule has 1 fully saturated rings. The van der Waals surface area contributed by atoms with Crippen LogP contribution in [-0.2, 0) is 4.79 Å². The number of piperidine rings is 1. The molecule has 1 saturated heterocycles. The molecule has 5 nitrogen and oxygen atoms in total. The Balaban J connectivity index is 1.72. The SMILES string of the molecule is CC1CCN(CC(O)CNC(=O)/C=C/c2cccc(C#N)c2)CC1. The van der Waals surface area contributed by atoms with E-state index >= 15 is 0 Å². The summed E-state index contributed by atoms with van der Waals surface area (Å²) in [6.45, 7) is 5.13. The number of aliphatic hydroxyl groups is 1. The zero-order chi connectivity index (χ0) is 17.4. The molecule has 5 heteroatoms. The lowest BCUT2D eigenvalue weighted by Gasteiger charge is -2.31. The fourth-order valence-electron chi connectivity index (χ4n) is 2.77. The molecule has 0 aromatic heterocycles. The van der Waals surface area contributed by atoms with Gasteiger partial charge in [0.25, 0.3) is 0 Å². The number of amides is 1. The number of likely N-dealkylation sites (tertiary alicyclic amines) is 1. The lowest BCUT2D eigenvalue weighted by Crippen LogP contribution is -2.42. The molecular weight excluding hydrogens is 302 g/mol. The molecule has 0 saturated carbocycles. The summed E-state index contributed by atoms with van der Waals surface area (Å²) in [5, 5.41) is 21.6. The number of nitriles is 1. The van der Waals surface area contributed by atoms with Gasteiger partial charge in [-0.15, -0.1) is 0 Å². The average molecular weight is 327 g/mol. The fourth-order valence-corrected chi connectivity index (χ4v) is 2.77. The predicted molar refractivity (Wildman–Crippen MR) is 94.0 cm³/mol. The van der Waals surface area contributed by atoms with Gasteiger partial charge in [0.1, 0.15) is 0 Å². The van der Waals surface area contributed by atoms with Crippen LogP contribution in [-0.4, -0.2) is 48.2 Å². The number of aliphatic hydroxyl groups excluding tert-OH is 1. The highest BCUT2D eigenvalue weighted by Crippen LogP contribution is 2.15. The number of nitrogens with one attached hydrogen (secondary N) is 1. The third-order valence-electron chi connectivity index (χ3n) is 4.30. The second-order valence-corrected chi connectivity index (χ2v) is 6.45. The Morgan fingerprint density at radius 1 is 1.50 bits per heavy atom. The number of nitrogens with zero attached hydrogens (tertiary/aromatic N) is 2. The van der Waals surface area contributed by atoms with Crippen LogP contribution in [0.1, 0.15) is 30.9 Å². The smallest absolute Gasteiger partial charge is 0.244 e. The van der Waals surface area contributed by atoms with Gasteiger partial charge in [-0.05, 0) is 55.6 Å². The van der Waals surface area contributed by atoms with E-state index in [1.807, 2.05) is 6.07 Å². The molecule has 1 unspecified atom stereocenters. The van der Waals surface area contributed by atoms with Crippen LogP contribution >= 0.6 is 0 Å². The maximum Gasteiger partial charge on any atom is 0.244 e. The van der Waals surface area contributed by atoms with Crippen molar-refractivity contribution in [2.24, 2.45) is 5.92 Å². The summed E-state index contributed by atoms with van der Waals surface area (Å²) >= 11 is 0. The molecule has 1 aromatic carbocycles. The minimum absolute atomic E-state index is 0.244. The van der Waals surface area contributed by atoms with Crippen LogP contribution in [0.2, 0.25) is 0 Å². The highest BCUT2D eigenvalue weighted by atomic mass is 16.3. The molecule has 1 aromatic rings. The standard InChI is InChI=1S/C19H25N3O2/c1-15-7-9-22(10-8-15)14-18(23)13-21-19(24)6-5-16-3-2-4-17(11-16)12-20/h2-6,11,15,18,23H,7-10,13-14H2,1H3,(H,21,24)/b6-5+. The van der Waals surface area contributed by atoms with Crippen LogP contribution in [0.3, 0.4) is 0 Å². The number of hydrogen-bond acceptors (Lipinski definition) is 4. The molecule has 0 spiro atoms. The van der Waals surface area contributed by atoms with E-state index in [9.17, 15) is 9.90 Å². The Hall–Kier alpha value is -2.16. The lowest BCUT2D eigenvalue weighted by molar-refractivity contribution is -0.116. The van der Waals surface area contributed by atoms with Crippen LogP contribution < -0.4 is 5.32 Å². The monoisotopic (exact) mass is 327 g/mol. The van der Waals surface area contributed by atoms with Crippen LogP contribution in [0.5, 0.6) is 0 Å². The van der Waals surface area contributed by atoms with Gasteiger partial charge >= 0.3 is 0 Å². The first-order valence-electron chi connectivity index (χ1n) is 8.43. The van der Waals surface area contributed by atoms with Crippen LogP contribution in [0, 0.1) is 17.2 Å². The molecule has 1 heterocycles. The topological polar surface area (TPSA) is 76.4 Å². The van der Waals surface area contributed by atoms with Gasteiger partial charge in [-0.3, -0.25) is 4.79 Å². The molecule has 2 N–H and O–H groups in total. The van der Waals surface area contributed by atoms with E-state index in [0.717, 1.165) is 24.6 Å². The van der Waals surface area contributed by atoms with Crippen molar-refractivity contribution in [2.75, 3.05) is 26.2 Å². The van der Waals surface area contributed by atoms with E-state index in [2.05, 4.69) is 23.2 Å². The van der Waals surface area contributed by atoms with E-state index < -0.39 is 6.10 Å².